The molecule has 0 aliphatic carbocycles. The highest BCUT2D eigenvalue weighted by Crippen LogP contribution is 2.23. The minimum absolute atomic E-state index is 0.212. The summed E-state index contributed by atoms with van der Waals surface area (Å²) < 4.78 is 5.73. The summed E-state index contributed by atoms with van der Waals surface area (Å²) in [5.41, 5.74) is 3.02. The van der Waals surface area contributed by atoms with Crippen molar-refractivity contribution in [2.75, 3.05) is 6.61 Å². The van der Waals surface area contributed by atoms with Gasteiger partial charge in [-0.15, -0.1) is 0 Å². The Morgan fingerprint density at radius 2 is 1.96 bits per heavy atom. The van der Waals surface area contributed by atoms with Gasteiger partial charge in [-0.1, -0.05) is 30.0 Å². The van der Waals surface area contributed by atoms with Crippen LogP contribution in [0.3, 0.4) is 0 Å². The van der Waals surface area contributed by atoms with Crippen LogP contribution in [-0.2, 0) is 17.6 Å². The molecule has 124 valence electrons. The molecule has 1 aromatic carbocycles. The number of benzene rings is 1. The number of nitrogens with zero attached hydrogens (tertiary/aromatic N) is 1. The molecular weight excluding hydrogens is 324 g/mol. The van der Waals surface area contributed by atoms with Gasteiger partial charge in [-0.25, -0.2) is 0 Å². The van der Waals surface area contributed by atoms with Crippen LogP contribution < -0.4 is 10.1 Å². The molecule has 0 spiro atoms. The Bertz CT molecular complexity index is 746. The zero-order valence-corrected chi connectivity index (χ0v) is 14.1. The number of hydrogen-bond acceptors (Lipinski definition) is 5. The molecule has 3 rings (SSSR count). The van der Waals surface area contributed by atoms with Crippen LogP contribution in [0.25, 0.3) is 0 Å². The maximum Gasteiger partial charge on any atom is 0.286 e. The van der Waals surface area contributed by atoms with Crippen LogP contribution in [0.2, 0.25) is 0 Å². The van der Waals surface area contributed by atoms with E-state index in [1.54, 1.807) is 0 Å². The molecule has 24 heavy (non-hydrogen) atoms. The van der Waals surface area contributed by atoms with E-state index in [1.807, 2.05) is 49.4 Å². The first-order valence-electron chi connectivity index (χ1n) is 7.76. The molecule has 6 heteroatoms. The number of imide groups is 1. The largest absolute Gasteiger partial charge is 0.493 e. The number of ether oxygens (including phenoxy) is 1. The normalized spacial score (nSPS) is 17.0. The Labute approximate surface area is 144 Å². The third-order valence-electron chi connectivity index (χ3n) is 3.68. The maximum absolute atomic E-state index is 11.6. The lowest BCUT2D eigenvalue weighted by Crippen LogP contribution is -2.25. The zero-order valence-electron chi connectivity index (χ0n) is 13.3. The lowest BCUT2D eigenvalue weighted by atomic mass is 10.1. The summed E-state index contributed by atoms with van der Waals surface area (Å²) in [5, 5.41) is 1.70. The first-order valence-corrected chi connectivity index (χ1v) is 8.64. The summed E-state index contributed by atoms with van der Waals surface area (Å²) >= 11 is 1.05. The summed E-state index contributed by atoms with van der Waals surface area (Å²) in [7, 11) is 0. The minimum atomic E-state index is -0.336. The summed E-state index contributed by atoms with van der Waals surface area (Å²) in [5.74, 6) is 0.571. The van der Waals surface area contributed by atoms with Crippen molar-refractivity contribution in [3.8, 4) is 5.75 Å². The fraction of sp³-hybridized carbons (Fsp3) is 0.278. The maximum atomic E-state index is 11.6. The second-order valence-electron chi connectivity index (χ2n) is 5.60. The lowest BCUT2D eigenvalue weighted by Gasteiger charge is -2.09. The zero-order chi connectivity index (χ0) is 16.9. The van der Waals surface area contributed by atoms with Gasteiger partial charge in [0, 0.05) is 17.8 Å². The minimum Gasteiger partial charge on any atom is -0.493 e. The summed E-state index contributed by atoms with van der Waals surface area (Å²) in [6, 6.07) is 13.6. The van der Waals surface area contributed by atoms with Gasteiger partial charge >= 0.3 is 0 Å². The van der Waals surface area contributed by atoms with Crippen molar-refractivity contribution < 1.29 is 14.3 Å². The number of carbonyl (C=O) groups is 2. The van der Waals surface area contributed by atoms with Crippen molar-refractivity contribution >= 4 is 22.9 Å². The molecule has 2 aromatic rings. The highest BCUT2D eigenvalue weighted by atomic mass is 32.2. The number of thioether (sulfide) groups is 1. The number of nitrogens with one attached hydrogen (secondary N) is 1. The SMILES string of the molecule is Cc1cccc(CCOc2ccc(CC3SC(=O)NC3=O)cc2)n1. The predicted octanol–water partition coefficient (Wildman–Crippen LogP) is 2.91. The average Bonchev–Trinajstić information content (AvgIpc) is 2.87. The van der Waals surface area contributed by atoms with Crippen LogP contribution in [0.5, 0.6) is 5.75 Å². The van der Waals surface area contributed by atoms with Crippen molar-refractivity contribution in [3.63, 3.8) is 0 Å². The monoisotopic (exact) mass is 342 g/mol. The fourth-order valence-electron chi connectivity index (χ4n) is 2.48. The number of pyridine rings is 1. The van der Waals surface area contributed by atoms with E-state index in [1.165, 1.54) is 0 Å². The van der Waals surface area contributed by atoms with Gasteiger partial charge in [-0.2, -0.15) is 0 Å². The molecule has 1 unspecified atom stereocenters. The third kappa shape index (κ3) is 4.35. The van der Waals surface area contributed by atoms with Gasteiger partial charge in [0.25, 0.3) is 5.24 Å². The molecule has 1 aliphatic rings. The second-order valence-corrected chi connectivity index (χ2v) is 6.78. The van der Waals surface area contributed by atoms with Gasteiger partial charge in [-0.05, 0) is 43.2 Å². The van der Waals surface area contributed by atoms with Crippen molar-refractivity contribution in [2.45, 2.75) is 25.0 Å². The van der Waals surface area contributed by atoms with Crippen LogP contribution in [-0.4, -0.2) is 28.0 Å². The standard InChI is InChI=1S/C18H18N2O3S/c1-12-3-2-4-14(19-12)9-10-23-15-7-5-13(6-8-15)11-16-17(21)20-18(22)24-16/h2-8,16H,9-11H2,1H3,(H,20,21,22). The van der Waals surface area contributed by atoms with E-state index >= 15 is 0 Å². The molecule has 1 atom stereocenters. The van der Waals surface area contributed by atoms with E-state index in [9.17, 15) is 9.59 Å². The van der Waals surface area contributed by atoms with Gasteiger partial charge in [0.2, 0.25) is 5.91 Å². The quantitative estimate of drug-likeness (QED) is 0.874. The number of hydrogen-bond donors (Lipinski definition) is 1. The molecule has 0 saturated carbocycles. The van der Waals surface area contributed by atoms with Crippen LogP contribution in [0.15, 0.2) is 42.5 Å². The first-order chi connectivity index (χ1) is 11.6. The van der Waals surface area contributed by atoms with Crippen molar-refractivity contribution in [1.82, 2.24) is 10.3 Å². The first kappa shape index (κ1) is 16.5. The lowest BCUT2D eigenvalue weighted by molar-refractivity contribution is -0.118. The molecule has 1 N–H and O–H groups in total. The number of carbonyl (C=O) groups excluding carboxylic acids is 2. The number of rotatable bonds is 6. The van der Waals surface area contributed by atoms with Gasteiger partial charge in [-0.3, -0.25) is 19.9 Å². The van der Waals surface area contributed by atoms with Crippen LogP contribution in [0, 0.1) is 6.92 Å². The topological polar surface area (TPSA) is 68.3 Å². The van der Waals surface area contributed by atoms with Gasteiger partial charge in [0.05, 0.1) is 11.9 Å². The van der Waals surface area contributed by atoms with Crippen molar-refractivity contribution in [1.29, 1.82) is 0 Å². The third-order valence-corrected chi connectivity index (χ3v) is 4.67. The number of aromatic nitrogens is 1. The number of amides is 2. The van der Waals surface area contributed by atoms with Crippen LogP contribution in [0.1, 0.15) is 17.0 Å². The molecule has 1 saturated heterocycles. The fourth-order valence-corrected chi connectivity index (χ4v) is 3.34. The highest BCUT2D eigenvalue weighted by Gasteiger charge is 2.31. The van der Waals surface area contributed by atoms with Crippen LogP contribution >= 0.6 is 11.8 Å². The molecule has 5 nitrogen and oxygen atoms in total. The van der Waals surface area contributed by atoms with E-state index in [0.29, 0.717) is 13.0 Å². The second kappa shape index (κ2) is 7.49. The molecule has 1 fully saturated rings. The molecular formula is C18H18N2O3S. The Kier molecular flexibility index (Phi) is 5.15. The van der Waals surface area contributed by atoms with E-state index in [2.05, 4.69) is 10.3 Å². The molecule has 1 aliphatic heterocycles. The Morgan fingerprint density at radius 3 is 2.62 bits per heavy atom. The van der Waals surface area contributed by atoms with E-state index < -0.39 is 0 Å². The predicted molar refractivity (Wildman–Crippen MR) is 93.2 cm³/mol. The molecule has 2 amide bonds. The average molecular weight is 342 g/mol. The van der Waals surface area contributed by atoms with E-state index in [0.717, 1.165) is 40.9 Å². The van der Waals surface area contributed by atoms with Crippen LogP contribution in [0.4, 0.5) is 4.79 Å². The molecule has 2 heterocycles. The Hall–Kier alpha value is -2.34. The molecule has 0 bridgehead atoms. The highest BCUT2D eigenvalue weighted by molar-refractivity contribution is 8.15. The van der Waals surface area contributed by atoms with Gasteiger partial charge in [0.15, 0.2) is 0 Å². The summed E-state index contributed by atoms with van der Waals surface area (Å²) in [4.78, 5) is 27.2. The number of aryl methyl sites for hydroxylation is 1. The van der Waals surface area contributed by atoms with Crippen molar-refractivity contribution in [2.24, 2.45) is 0 Å². The van der Waals surface area contributed by atoms with E-state index in [4.69, 9.17) is 4.74 Å². The smallest absolute Gasteiger partial charge is 0.286 e. The Balaban J connectivity index is 1.49. The van der Waals surface area contributed by atoms with E-state index in [-0.39, 0.29) is 16.4 Å². The summed E-state index contributed by atoms with van der Waals surface area (Å²) in [6.45, 7) is 2.53. The molecule has 1 aromatic heterocycles. The Morgan fingerprint density at radius 1 is 1.17 bits per heavy atom. The van der Waals surface area contributed by atoms with Gasteiger partial charge < -0.3 is 4.74 Å². The van der Waals surface area contributed by atoms with Crippen molar-refractivity contribution in [3.05, 3.63) is 59.4 Å². The van der Waals surface area contributed by atoms with Gasteiger partial charge in [0.1, 0.15) is 5.75 Å². The summed E-state index contributed by atoms with van der Waals surface area (Å²) in [6.07, 6.45) is 1.29. The molecule has 0 radical (unpaired) electrons.